The minimum Gasteiger partial charge on any atom is -0.352 e. The van der Waals surface area contributed by atoms with E-state index < -0.39 is 0 Å². The van der Waals surface area contributed by atoms with E-state index >= 15 is 0 Å². The third-order valence-corrected chi connectivity index (χ3v) is 3.99. The number of nitriles is 1. The van der Waals surface area contributed by atoms with Crippen molar-refractivity contribution in [2.75, 3.05) is 31.1 Å². The smallest absolute Gasteiger partial charge is 0.255 e. The zero-order valence-corrected chi connectivity index (χ0v) is 13.5. The fourth-order valence-corrected chi connectivity index (χ4v) is 2.83. The van der Waals surface area contributed by atoms with Crippen LogP contribution in [0.25, 0.3) is 0 Å². The second kappa shape index (κ2) is 7.04. The zero-order valence-electron chi connectivity index (χ0n) is 13.5. The second-order valence-electron chi connectivity index (χ2n) is 5.72. The standard InChI is InChI=1S/C17H18N6O/c1-13-9-14(12-19-11-13)17(24)23-6-2-5-22(7-8-23)16-15(10-18)20-3-4-21-16/h3-4,9,11-12H,2,5-8H2,1H3. The largest absolute Gasteiger partial charge is 0.352 e. The van der Waals surface area contributed by atoms with Crippen LogP contribution in [0.5, 0.6) is 0 Å². The van der Waals surface area contributed by atoms with Gasteiger partial charge in [-0.25, -0.2) is 9.97 Å². The number of anilines is 1. The molecule has 1 aliphatic heterocycles. The topological polar surface area (TPSA) is 86.0 Å². The molecular weight excluding hydrogens is 304 g/mol. The molecule has 2 aromatic rings. The maximum absolute atomic E-state index is 12.7. The lowest BCUT2D eigenvalue weighted by atomic mass is 10.2. The van der Waals surface area contributed by atoms with Crippen molar-refractivity contribution in [2.24, 2.45) is 0 Å². The van der Waals surface area contributed by atoms with Gasteiger partial charge in [0.1, 0.15) is 6.07 Å². The van der Waals surface area contributed by atoms with Crippen molar-refractivity contribution in [3.8, 4) is 6.07 Å². The summed E-state index contributed by atoms with van der Waals surface area (Å²) < 4.78 is 0. The van der Waals surface area contributed by atoms with Crippen LogP contribution >= 0.6 is 0 Å². The van der Waals surface area contributed by atoms with Crippen LogP contribution in [-0.2, 0) is 0 Å². The Hall–Kier alpha value is -3.01. The number of aryl methyl sites for hydroxylation is 1. The third-order valence-electron chi connectivity index (χ3n) is 3.99. The van der Waals surface area contributed by atoms with Gasteiger partial charge in [-0.15, -0.1) is 0 Å². The van der Waals surface area contributed by atoms with Crippen LogP contribution in [0, 0.1) is 18.3 Å². The molecule has 24 heavy (non-hydrogen) atoms. The van der Waals surface area contributed by atoms with Gasteiger partial charge in [0.25, 0.3) is 5.91 Å². The number of carbonyl (C=O) groups is 1. The van der Waals surface area contributed by atoms with Gasteiger partial charge in [0.2, 0.25) is 0 Å². The number of nitrogens with zero attached hydrogens (tertiary/aromatic N) is 6. The van der Waals surface area contributed by atoms with Gasteiger partial charge < -0.3 is 9.80 Å². The van der Waals surface area contributed by atoms with Gasteiger partial charge in [-0.2, -0.15) is 5.26 Å². The summed E-state index contributed by atoms with van der Waals surface area (Å²) in [7, 11) is 0. The maximum Gasteiger partial charge on any atom is 0.255 e. The molecule has 1 aliphatic rings. The minimum absolute atomic E-state index is 0.00676. The molecule has 0 saturated carbocycles. The van der Waals surface area contributed by atoms with Gasteiger partial charge >= 0.3 is 0 Å². The Labute approximate surface area is 140 Å². The molecule has 7 heteroatoms. The van der Waals surface area contributed by atoms with E-state index in [9.17, 15) is 10.1 Å². The van der Waals surface area contributed by atoms with Crippen molar-refractivity contribution in [3.63, 3.8) is 0 Å². The molecule has 7 nitrogen and oxygen atoms in total. The highest BCUT2D eigenvalue weighted by molar-refractivity contribution is 5.94. The highest BCUT2D eigenvalue weighted by Gasteiger charge is 2.22. The van der Waals surface area contributed by atoms with Gasteiger partial charge in [-0.1, -0.05) is 0 Å². The van der Waals surface area contributed by atoms with E-state index in [-0.39, 0.29) is 5.91 Å². The Morgan fingerprint density at radius 2 is 2.00 bits per heavy atom. The summed E-state index contributed by atoms with van der Waals surface area (Å²) in [4.78, 5) is 29.0. The van der Waals surface area contributed by atoms with Crippen molar-refractivity contribution in [3.05, 3.63) is 47.7 Å². The number of amides is 1. The summed E-state index contributed by atoms with van der Waals surface area (Å²) in [6, 6.07) is 3.93. The average molecular weight is 322 g/mol. The molecule has 0 spiro atoms. The predicted octanol–water partition coefficient (Wildman–Crippen LogP) is 1.40. The second-order valence-corrected chi connectivity index (χ2v) is 5.72. The Morgan fingerprint density at radius 1 is 1.17 bits per heavy atom. The van der Waals surface area contributed by atoms with Crippen molar-refractivity contribution in [2.45, 2.75) is 13.3 Å². The van der Waals surface area contributed by atoms with Crippen molar-refractivity contribution >= 4 is 11.7 Å². The van der Waals surface area contributed by atoms with E-state index in [4.69, 9.17) is 0 Å². The fourth-order valence-electron chi connectivity index (χ4n) is 2.83. The van der Waals surface area contributed by atoms with Gasteiger partial charge in [0, 0.05) is 51.0 Å². The number of pyridine rings is 1. The van der Waals surface area contributed by atoms with Gasteiger partial charge in [-0.05, 0) is 25.0 Å². The van der Waals surface area contributed by atoms with E-state index in [0.717, 1.165) is 18.5 Å². The van der Waals surface area contributed by atoms with E-state index in [1.807, 2.05) is 22.8 Å². The first-order chi connectivity index (χ1) is 11.7. The van der Waals surface area contributed by atoms with Crippen LogP contribution in [0.4, 0.5) is 5.82 Å². The molecule has 0 atom stereocenters. The van der Waals surface area contributed by atoms with Gasteiger partial charge in [0.05, 0.1) is 5.56 Å². The summed E-state index contributed by atoms with van der Waals surface area (Å²) in [6.07, 6.45) is 7.25. The minimum atomic E-state index is -0.00676. The Bertz CT molecular complexity index is 785. The monoisotopic (exact) mass is 322 g/mol. The predicted molar refractivity (Wildman–Crippen MR) is 88.5 cm³/mol. The molecule has 0 aromatic carbocycles. The van der Waals surface area contributed by atoms with E-state index in [2.05, 4.69) is 21.0 Å². The normalized spacial score (nSPS) is 14.8. The van der Waals surface area contributed by atoms with Crippen LogP contribution in [0.15, 0.2) is 30.9 Å². The molecule has 0 radical (unpaired) electrons. The first-order valence-corrected chi connectivity index (χ1v) is 7.86. The molecule has 0 bridgehead atoms. The van der Waals surface area contributed by atoms with Crippen molar-refractivity contribution in [1.82, 2.24) is 19.9 Å². The maximum atomic E-state index is 12.7. The molecule has 1 fully saturated rings. The Kier molecular flexibility index (Phi) is 4.66. The van der Waals surface area contributed by atoms with Crippen molar-refractivity contribution < 1.29 is 4.79 Å². The molecule has 2 aromatic heterocycles. The zero-order chi connectivity index (χ0) is 16.9. The lowest BCUT2D eigenvalue weighted by Gasteiger charge is -2.23. The molecule has 1 saturated heterocycles. The SMILES string of the molecule is Cc1cncc(C(=O)N2CCCN(c3nccnc3C#N)CC2)c1. The molecule has 3 heterocycles. The van der Waals surface area contributed by atoms with Crippen molar-refractivity contribution in [1.29, 1.82) is 5.26 Å². The van der Waals surface area contributed by atoms with E-state index in [1.54, 1.807) is 18.6 Å². The number of hydrogen-bond acceptors (Lipinski definition) is 6. The summed E-state index contributed by atoms with van der Waals surface area (Å²) in [5, 5.41) is 9.18. The molecule has 0 N–H and O–H groups in total. The first-order valence-electron chi connectivity index (χ1n) is 7.86. The van der Waals surface area contributed by atoms with Crippen LogP contribution in [-0.4, -0.2) is 51.9 Å². The quantitative estimate of drug-likeness (QED) is 0.831. The Morgan fingerprint density at radius 3 is 2.79 bits per heavy atom. The highest BCUT2D eigenvalue weighted by atomic mass is 16.2. The number of carbonyl (C=O) groups excluding carboxylic acids is 1. The highest BCUT2D eigenvalue weighted by Crippen LogP contribution is 2.17. The van der Waals surface area contributed by atoms with Crippen LogP contribution in [0.1, 0.15) is 28.0 Å². The fraction of sp³-hybridized carbons (Fsp3) is 0.353. The van der Waals surface area contributed by atoms with Crippen LogP contribution < -0.4 is 4.90 Å². The van der Waals surface area contributed by atoms with Crippen LogP contribution in [0.2, 0.25) is 0 Å². The molecule has 1 amide bonds. The van der Waals surface area contributed by atoms with Gasteiger partial charge in [-0.3, -0.25) is 9.78 Å². The summed E-state index contributed by atoms with van der Waals surface area (Å²) in [5.41, 5.74) is 1.90. The summed E-state index contributed by atoms with van der Waals surface area (Å²) in [6.45, 7) is 4.53. The summed E-state index contributed by atoms with van der Waals surface area (Å²) in [5.74, 6) is 0.583. The van der Waals surface area contributed by atoms with Gasteiger partial charge in [0.15, 0.2) is 11.5 Å². The van der Waals surface area contributed by atoms with Crippen LogP contribution in [0.3, 0.4) is 0 Å². The summed E-state index contributed by atoms with van der Waals surface area (Å²) >= 11 is 0. The molecule has 0 aliphatic carbocycles. The third kappa shape index (κ3) is 3.33. The Balaban J connectivity index is 1.74. The number of hydrogen-bond donors (Lipinski definition) is 0. The lowest BCUT2D eigenvalue weighted by Crippen LogP contribution is -2.35. The molecule has 3 rings (SSSR count). The van der Waals surface area contributed by atoms with E-state index in [0.29, 0.717) is 36.7 Å². The average Bonchev–Trinajstić information content (AvgIpc) is 2.87. The number of rotatable bonds is 2. The molecule has 0 unspecified atom stereocenters. The first kappa shape index (κ1) is 15.9. The molecule has 122 valence electrons. The number of aromatic nitrogens is 3. The lowest BCUT2D eigenvalue weighted by molar-refractivity contribution is 0.0766. The van der Waals surface area contributed by atoms with E-state index in [1.165, 1.54) is 6.20 Å². The molecular formula is C17H18N6O.